The number of rotatable bonds is 10. The van der Waals surface area contributed by atoms with Crippen molar-refractivity contribution in [1.82, 2.24) is 35.9 Å². The third kappa shape index (κ3) is 5.89. The molecule has 0 fully saturated rings. The Morgan fingerprint density at radius 2 is 2.11 bits per heavy atom. The highest BCUT2D eigenvalue weighted by atomic mass is 19.1. The van der Waals surface area contributed by atoms with Crippen LogP contribution in [0.4, 0.5) is 10.1 Å². The number of aryl methyl sites for hydroxylation is 3. The van der Waals surface area contributed by atoms with Crippen molar-refractivity contribution in [3.05, 3.63) is 74.8 Å². The molecule has 0 bridgehead atoms. The summed E-state index contributed by atoms with van der Waals surface area (Å²) in [7, 11) is 0. The number of nitrogens with zero attached hydrogens (tertiary/aromatic N) is 5. The molecule has 1 amide bonds. The van der Waals surface area contributed by atoms with E-state index in [-0.39, 0.29) is 24.1 Å². The smallest absolute Gasteiger partial charge is 0.258 e. The fourth-order valence-electron chi connectivity index (χ4n) is 4.06. The standard InChI is InChI=1S/C26H25FN8O3/c1-4-9-35(13-17-11-21-23(10-15(17)2)28-16(3)29-26(21)38)19-6-7-20(22(27)12-19)25(37)30-18(14-36)5-8-24-31-33-34-32-24/h1,6-7,10-12,14,18H,5,8-9,13H2,2-3H3,(H,30,37)(H,28,29,38)(H,31,32,33,34)/t18-/m0/s1. The minimum atomic E-state index is -0.852. The number of hydrogen-bond acceptors (Lipinski definition) is 8. The lowest BCUT2D eigenvalue weighted by Crippen LogP contribution is -2.37. The summed E-state index contributed by atoms with van der Waals surface area (Å²) in [5.74, 6) is 1.99. The average Bonchev–Trinajstić information content (AvgIpc) is 3.40. The fourth-order valence-corrected chi connectivity index (χ4v) is 4.06. The minimum Gasteiger partial charge on any atom is -0.356 e. The van der Waals surface area contributed by atoms with Gasteiger partial charge in [-0.2, -0.15) is 5.21 Å². The van der Waals surface area contributed by atoms with Crippen molar-refractivity contribution < 1.29 is 14.0 Å². The number of aromatic amines is 2. The van der Waals surface area contributed by atoms with Crippen molar-refractivity contribution in [3.63, 3.8) is 0 Å². The molecule has 0 spiro atoms. The zero-order valence-electron chi connectivity index (χ0n) is 20.8. The van der Waals surface area contributed by atoms with Crippen LogP contribution in [0.15, 0.2) is 35.1 Å². The van der Waals surface area contributed by atoms with Gasteiger partial charge in [-0.3, -0.25) is 9.59 Å². The molecule has 12 heteroatoms. The Morgan fingerprint density at radius 1 is 1.29 bits per heavy atom. The molecule has 4 aromatic rings. The number of amides is 1. The molecule has 194 valence electrons. The van der Waals surface area contributed by atoms with Crippen molar-refractivity contribution in [3.8, 4) is 12.3 Å². The van der Waals surface area contributed by atoms with Crippen molar-refractivity contribution in [2.75, 3.05) is 11.4 Å². The Balaban J connectivity index is 1.52. The summed E-state index contributed by atoms with van der Waals surface area (Å²) in [6.45, 7) is 4.08. The maximum absolute atomic E-state index is 15.1. The van der Waals surface area contributed by atoms with Crippen molar-refractivity contribution in [1.29, 1.82) is 0 Å². The summed E-state index contributed by atoms with van der Waals surface area (Å²) in [6.07, 6.45) is 6.69. The Hall–Kier alpha value is -4.92. The molecule has 0 aliphatic carbocycles. The van der Waals surface area contributed by atoms with Crippen LogP contribution < -0.4 is 15.8 Å². The van der Waals surface area contributed by atoms with Gasteiger partial charge in [-0.1, -0.05) is 11.1 Å². The topological polar surface area (TPSA) is 150 Å². The lowest BCUT2D eigenvalue weighted by molar-refractivity contribution is -0.109. The Morgan fingerprint density at radius 3 is 2.79 bits per heavy atom. The van der Waals surface area contributed by atoms with Gasteiger partial charge in [-0.05, 0) is 61.7 Å². The van der Waals surface area contributed by atoms with Crippen LogP contribution in [0.5, 0.6) is 0 Å². The van der Waals surface area contributed by atoms with E-state index in [4.69, 9.17) is 6.42 Å². The Labute approximate surface area is 216 Å². The lowest BCUT2D eigenvalue weighted by atomic mass is 10.0. The van der Waals surface area contributed by atoms with Crippen LogP contribution in [-0.4, -0.2) is 55.4 Å². The highest BCUT2D eigenvalue weighted by molar-refractivity contribution is 5.96. The molecular weight excluding hydrogens is 491 g/mol. The van der Waals surface area contributed by atoms with Gasteiger partial charge in [0.05, 0.1) is 29.1 Å². The third-order valence-corrected chi connectivity index (χ3v) is 6.04. The second-order valence-electron chi connectivity index (χ2n) is 8.75. The largest absolute Gasteiger partial charge is 0.356 e. The molecule has 11 nitrogen and oxygen atoms in total. The quantitative estimate of drug-likeness (QED) is 0.213. The molecule has 0 saturated carbocycles. The van der Waals surface area contributed by atoms with E-state index in [1.807, 2.05) is 13.0 Å². The van der Waals surface area contributed by atoms with Gasteiger partial charge in [0, 0.05) is 18.7 Å². The van der Waals surface area contributed by atoms with Crippen LogP contribution >= 0.6 is 0 Å². The van der Waals surface area contributed by atoms with E-state index in [0.29, 0.717) is 47.5 Å². The number of terminal acetylenes is 1. The molecule has 2 aromatic heterocycles. The summed E-state index contributed by atoms with van der Waals surface area (Å²) in [6, 6.07) is 6.88. The number of fused-ring (bicyclic) bond motifs is 1. The number of halogens is 1. The van der Waals surface area contributed by atoms with Gasteiger partial charge in [0.1, 0.15) is 17.9 Å². The predicted molar refractivity (Wildman–Crippen MR) is 138 cm³/mol. The predicted octanol–water partition coefficient (Wildman–Crippen LogP) is 1.76. The monoisotopic (exact) mass is 516 g/mol. The molecule has 0 radical (unpaired) electrons. The summed E-state index contributed by atoms with van der Waals surface area (Å²) < 4.78 is 15.1. The Bertz CT molecular complexity index is 1580. The number of H-pyrrole nitrogens is 2. The number of benzene rings is 2. The molecule has 0 aliphatic rings. The molecule has 0 unspecified atom stereocenters. The molecule has 4 rings (SSSR count). The number of hydrogen-bond donors (Lipinski definition) is 3. The van der Waals surface area contributed by atoms with E-state index >= 15 is 4.39 Å². The van der Waals surface area contributed by atoms with E-state index in [0.717, 1.165) is 11.1 Å². The van der Waals surface area contributed by atoms with Crippen molar-refractivity contribution >= 4 is 28.8 Å². The van der Waals surface area contributed by atoms with Gasteiger partial charge < -0.3 is 20.0 Å². The first-order valence-corrected chi connectivity index (χ1v) is 11.8. The summed E-state index contributed by atoms with van der Waals surface area (Å²) >= 11 is 0. The van der Waals surface area contributed by atoms with Crippen LogP contribution in [0.3, 0.4) is 0 Å². The van der Waals surface area contributed by atoms with Crippen LogP contribution in [0.1, 0.15) is 39.6 Å². The molecule has 0 saturated heterocycles. The van der Waals surface area contributed by atoms with Crippen molar-refractivity contribution in [2.45, 2.75) is 39.3 Å². The number of tetrazole rings is 1. The van der Waals surface area contributed by atoms with Gasteiger partial charge in [-0.15, -0.1) is 16.6 Å². The number of aldehydes is 1. The van der Waals surface area contributed by atoms with Crippen molar-refractivity contribution in [2.24, 2.45) is 0 Å². The number of aromatic nitrogens is 6. The average molecular weight is 517 g/mol. The highest BCUT2D eigenvalue weighted by Gasteiger charge is 2.19. The first-order valence-electron chi connectivity index (χ1n) is 11.8. The normalized spacial score (nSPS) is 11.6. The summed E-state index contributed by atoms with van der Waals surface area (Å²) in [5.41, 5.74) is 2.30. The summed E-state index contributed by atoms with van der Waals surface area (Å²) in [5, 5.41) is 16.3. The van der Waals surface area contributed by atoms with E-state index in [1.54, 1.807) is 24.0 Å². The van der Waals surface area contributed by atoms with Gasteiger partial charge in [0.2, 0.25) is 0 Å². The molecule has 2 aromatic carbocycles. The first kappa shape index (κ1) is 26.2. The number of carbonyl (C=O) groups excluding carboxylic acids is 2. The van der Waals surface area contributed by atoms with Crippen LogP contribution in [0.2, 0.25) is 0 Å². The maximum atomic E-state index is 15.1. The SMILES string of the molecule is C#CCN(Cc1cc2c(=O)[nH]c(C)nc2cc1C)c1ccc(C(=O)N[C@H](C=O)CCc2nn[nH]n2)c(F)c1. The molecular formula is C26H25FN8O3. The fraction of sp³-hybridized carbons (Fsp3) is 0.269. The van der Waals surface area contributed by atoms with E-state index < -0.39 is 17.8 Å². The second kappa shape index (κ2) is 11.4. The molecule has 38 heavy (non-hydrogen) atoms. The summed E-state index contributed by atoms with van der Waals surface area (Å²) in [4.78, 5) is 45.4. The lowest BCUT2D eigenvalue weighted by Gasteiger charge is -2.24. The molecule has 3 N–H and O–H groups in total. The van der Waals surface area contributed by atoms with Crippen LogP contribution in [-0.2, 0) is 17.8 Å². The van der Waals surface area contributed by atoms with Gasteiger partial charge in [0.25, 0.3) is 11.5 Å². The zero-order valence-corrected chi connectivity index (χ0v) is 20.8. The van der Waals surface area contributed by atoms with Gasteiger partial charge in [0.15, 0.2) is 5.82 Å². The number of carbonyl (C=O) groups is 2. The van der Waals surface area contributed by atoms with E-state index in [9.17, 15) is 14.4 Å². The third-order valence-electron chi connectivity index (χ3n) is 6.04. The second-order valence-corrected chi connectivity index (χ2v) is 8.75. The van der Waals surface area contributed by atoms with Gasteiger partial charge in [-0.25, -0.2) is 9.37 Å². The van der Waals surface area contributed by atoms with Crippen LogP contribution in [0, 0.1) is 32.0 Å². The van der Waals surface area contributed by atoms with E-state index in [2.05, 4.69) is 41.8 Å². The zero-order chi connectivity index (χ0) is 27.2. The molecule has 0 aliphatic heterocycles. The van der Waals surface area contributed by atoms with Gasteiger partial charge >= 0.3 is 0 Å². The number of anilines is 1. The Kier molecular flexibility index (Phi) is 7.86. The number of nitrogens with one attached hydrogen (secondary N) is 3. The molecule has 1 atom stereocenters. The molecule has 2 heterocycles. The minimum absolute atomic E-state index is 0.161. The van der Waals surface area contributed by atoms with E-state index in [1.165, 1.54) is 12.1 Å². The highest BCUT2D eigenvalue weighted by Crippen LogP contribution is 2.24. The first-order chi connectivity index (χ1) is 18.3. The van der Waals surface area contributed by atoms with Crippen LogP contribution in [0.25, 0.3) is 10.9 Å². The maximum Gasteiger partial charge on any atom is 0.258 e.